The first-order valence-corrected chi connectivity index (χ1v) is 8.59. The molecule has 0 spiro atoms. The highest BCUT2D eigenvalue weighted by Gasteiger charge is 2.04. The maximum atomic E-state index is 2.38. The van der Waals surface area contributed by atoms with E-state index in [0.29, 0.717) is 0 Å². The van der Waals surface area contributed by atoms with Crippen LogP contribution in [-0.4, -0.2) is 38.0 Å². The third-order valence-electron chi connectivity index (χ3n) is 3.47. The van der Waals surface area contributed by atoms with Crippen molar-refractivity contribution in [3.8, 4) is 0 Å². The van der Waals surface area contributed by atoms with E-state index in [2.05, 4.69) is 76.0 Å². The molecule has 24 heavy (non-hydrogen) atoms. The van der Waals surface area contributed by atoms with E-state index in [1.54, 1.807) is 0 Å². The van der Waals surface area contributed by atoms with Crippen LogP contribution in [0.4, 0.5) is 0 Å². The van der Waals surface area contributed by atoms with Crippen LogP contribution in [0.3, 0.4) is 0 Å². The Morgan fingerprint density at radius 3 is 1.04 bits per heavy atom. The van der Waals surface area contributed by atoms with Gasteiger partial charge in [0.1, 0.15) is 0 Å². The number of hydrogen-bond acceptors (Lipinski definition) is 2. The summed E-state index contributed by atoms with van der Waals surface area (Å²) in [4.78, 5) is 4.38. The van der Waals surface area contributed by atoms with Crippen LogP contribution in [0.1, 0.15) is 33.4 Å². The van der Waals surface area contributed by atoms with Gasteiger partial charge in [0.05, 0.1) is 0 Å². The minimum atomic E-state index is 0.996. The Bertz CT molecular complexity index is 548. The second kappa shape index (κ2) is 9.61. The summed E-state index contributed by atoms with van der Waals surface area (Å²) in [5, 5.41) is 0. The largest absolute Gasteiger partial charge is 0.312 e. The molecule has 0 saturated heterocycles. The maximum absolute atomic E-state index is 2.38. The molecule has 0 N–H and O–H groups in total. The minimum absolute atomic E-state index is 0.996. The van der Waals surface area contributed by atoms with E-state index < -0.39 is 0 Å². The van der Waals surface area contributed by atoms with Crippen molar-refractivity contribution in [2.24, 2.45) is 0 Å². The van der Waals surface area contributed by atoms with E-state index in [1.807, 2.05) is 26.0 Å². The Morgan fingerprint density at radius 1 is 0.542 bits per heavy atom. The summed E-state index contributed by atoms with van der Waals surface area (Å²) in [6.07, 6.45) is 0. The Kier molecular flexibility index (Phi) is 8.17. The van der Waals surface area contributed by atoms with Crippen LogP contribution in [0.25, 0.3) is 0 Å². The van der Waals surface area contributed by atoms with E-state index in [9.17, 15) is 0 Å². The number of benzene rings is 2. The Hall–Kier alpha value is -1.64. The van der Waals surface area contributed by atoms with Crippen molar-refractivity contribution in [3.63, 3.8) is 0 Å². The average Bonchev–Trinajstić information content (AvgIpc) is 2.34. The van der Waals surface area contributed by atoms with Gasteiger partial charge in [-0.05, 0) is 67.0 Å². The number of nitrogens with zero attached hydrogens (tertiary/aromatic N) is 2. The molecule has 2 aromatic carbocycles. The fourth-order valence-corrected chi connectivity index (χ4v) is 3.00. The Morgan fingerprint density at radius 2 is 0.792 bits per heavy atom. The van der Waals surface area contributed by atoms with Gasteiger partial charge in [-0.15, -0.1) is 0 Å². The lowest BCUT2D eigenvalue weighted by molar-refractivity contribution is 0.319. The zero-order chi connectivity index (χ0) is 18.3. The molecule has 0 bridgehead atoms. The van der Waals surface area contributed by atoms with Gasteiger partial charge in [-0.1, -0.05) is 58.7 Å². The lowest BCUT2D eigenvalue weighted by Gasteiger charge is -2.18. The van der Waals surface area contributed by atoms with Crippen molar-refractivity contribution in [2.45, 2.75) is 40.8 Å². The molecular formula is C22H34N2. The smallest absolute Gasteiger partial charge is 0.0234 e. The standard InChI is InChI=1S/C19H25N.C3H9N/c1-14-6-15(2)9-18(8-14)12-20(5)13-19-10-16(3)7-17(4)11-19;1-4(2)3/h6-11H,12-13H2,1-5H3;1-3H3. The third kappa shape index (κ3) is 8.28. The quantitative estimate of drug-likeness (QED) is 0.801. The molecule has 0 fully saturated rings. The summed E-state index contributed by atoms with van der Waals surface area (Å²) in [6, 6.07) is 13.6. The average molecular weight is 327 g/mol. The molecule has 0 radical (unpaired) electrons. The molecule has 0 aromatic heterocycles. The van der Waals surface area contributed by atoms with Gasteiger partial charge < -0.3 is 4.90 Å². The monoisotopic (exact) mass is 326 g/mol. The predicted molar refractivity (Wildman–Crippen MR) is 107 cm³/mol. The molecule has 2 heteroatoms. The van der Waals surface area contributed by atoms with Gasteiger partial charge >= 0.3 is 0 Å². The maximum Gasteiger partial charge on any atom is 0.0234 e. The van der Waals surface area contributed by atoms with Gasteiger partial charge in [0.2, 0.25) is 0 Å². The minimum Gasteiger partial charge on any atom is -0.312 e. The van der Waals surface area contributed by atoms with Crippen molar-refractivity contribution in [1.82, 2.24) is 9.80 Å². The fraction of sp³-hybridized carbons (Fsp3) is 0.455. The second-order valence-electron chi connectivity index (χ2n) is 7.51. The molecule has 0 aliphatic carbocycles. The van der Waals surface area contributed by atoms with Gasteiger partial charge in [0.15, 0.2) is 0 Å². The summed E-state index contributed by atoms with van der Waals surface area (Å²) in [7, 11) is 8.19. The summed E-state index contributed by atoms with van der Waals surface area (Å²) < 4.78 is 0. The van der Waals surface area contributed by atoms with Crippen LogP contribution in [0.2, 0.25) is 0 Å². The Balaban J connectivity index is 0.000000648. The molecule has 0 aliphatic heterocycles. The molecule has 0 saturated carbocycles. The van der Waals surface area contributed by atoms with E-state index in [-0.39, 0.29) is 0 Å². The van der Waals surface area contributed by atoms with Gasteiger partial charge in [-0.2, -0.15) is 0 Å². The molecule has 0 unspecified atom stereocenters. The molecule has 132 valence electrons. The van der Waals surface area contributed by atoms with Crippen LogP contribution in [0.15, 0.2) is 36.4 Å². The van der Waals surface area contributed by atoms with E-state index in [0.717, 1.165) is 13.1 Å². The fourth-order valence-electron chi connectivity index (χ4n) is 3.00. The lowest BCUT2D eigenvalue weighted by Crippen LogP contribution is -2.17. The molecule has 0 aliphatic rings. The van der Waals surface area contributed by atoms with E-state index in [4.69, 9.17) is 0 Å². The highest BCUT2D eigenvalue weighted by Crippen LogP contribution is 2.14. The number of rotatable bonds is 4. The van der Waals surface area contributed by atoms with E-state index in [1.165, 1.54) is 33.4 Å². The second-order valence-corrected chi connectivity index (χ2v) is 7.51. The van der Waals surface area contributed by atoms with Crippen molar-refractivity contribution in [1.29, 1.82) is 0 Å². The molecular weight excluding hydrogens is 292 g/mol. The number of hydrogen-bond donors (Lipinski definition) is 0. The molecule has 2 rings (SSSR count). The molecule has 0 heterocycles. The van der Waals surface area contributed by atoms with Crippen molar-refractivity contribution in [2.75, 3.05) is 28.2 Å². The zero-order valence-electron chi connectivity index (χ0n) is 16.8. The topological polar surface area (TPSA) is 6.48 Å². The molecule has 2 aromatic rings. The van der Waals surface area contributed by atoms with Crippen LogP contribution >= 0.6 is 0 Å². The summed E-state index contributed by atoms with van der Waals surface area (Å²) in [5.74, 6) is 0. The normalized spacial score (nSPS) is 10.8. The van der Waals surface area contributed by atoms with Crippen LogP contribution in [0.5, 0.6) is 0 Å². The van der Waals surface area contributed by atoms with Crippen LogP contribution < -0.4 is 0 Å². The first-order chi connectivity index (χ1) is 11.2. The predicted octanol–water partition coefficient (Wildman–Crippen LogP) is 4.73. The van der Waals surface area contributed by atoms with Gasteiger partial charge in [-0.3, -0.25) is 4.90 Å². The van der Waals surface area contributed by atoms with Crippen molar-refractivity contribution < 1.29 is 0 Å². The number of aryl methyl sites for hydroxylation is 4. The van der Waals surface area contributed by atoms with Gasteiger partial charge in [-0.25, -0.2) is 0 Å². The lowest BCUT2D eigenvalue weighted by atomic mass is 10.1. The first-order valence-electron chi connectivity index (χ1n) is 8.59. The SMILES string of the molecule is CN(C)C.Cc1cc(C)cc(CN(C)Cc2cc(C)cc(C)c2)c1. The molecule has 0 atom stereocenters. The first kappa shape index (κ1) is 20.4. The molecule has 2 nitrogen and oxygen atoms in total. The third-order valence-corrected chi connectivity index (χ3v) is 3.47. The molecule has 0 amide bonds. The van der Waals surface area contributed by atoms with Crippen molar-refractivity contribution in [3.05, 3.63) is 69.8 Å². The van der Waals surface area contributed by atoms with Crippen LogP contribution in [0, 0.1) is 27.7 Å². The highest BCUT2D eigenvalue weighted by molar-refractivity contribution is 5.30. The Labute approximate surface area is 149 Å². The highest BCUT2D eigenvalue weighted by atomic mass is 15.1. The van der Waals surface area contributed by atoms with Crippen LogP contribution in [-0.2, 0) is 13.1 Å². The van der Waals surface area contributed by atoms with E-state index >= 15 is 0 Å². The van der Waals surface area contributed by atoms with Gasteiger partial charge in [0.25, 0.3) is 0 Å². The summed E-state index contributed by atoms with van der Waals surface area (Å²) in [6.45, 7) is 10.7. The van der Waals surface area contributed by atoms with Crippen molar-refractivity contribution >= 4 is 0 Å². The summed E-state index contributed by atoms with van der Waals surface area (Å²) >= 11 is 0. The summed E-state index contributed by atoms with van der Waals surface area (Å²) in [5.41, 5.74) is 8.18. The van der Waals surface area contributed by atoms with Gasteiger partial charge in [0, 0.05) is 13.1 Å². The zero-order valence-corrected chi connectivity index (χ0v) is 16.8.